The minimum absolute atomic E-state index is 0.482. The van der Waals surface area contributed by atoms with E-state index in [0.29, 0.717) is 16.5 Å². The first-order valence-electron chi connectivity index (χ1n) is 4.92. The van der Waals surface area contributed by atoms with Gasteiger partial charge in [0.2, 0.25) is 0 Å². The Kier molecular flexibility index (Phi) is 3.48. The lowest BCUT2D eigenvalue weighted by atomic mass is 9.83. The van der Waals surface area contributed by atoms with E-state index < -0.39 is 7.12 Å². The summed E-state index contributed by atoms with van der Waals surface area (Å²) in [5, 5.41) is 18.2. The molecule has 0 fully saturated rings. The second-order valence-corrected chi connectivity index (χ2v) is 4.45. The lowest BCUT2D eigenvalue weighted by molar-refractivity contribution is 0.425. The highest BCUT2D eigenvalue weighted by Crippen LogP contribution is 2.10. The summed E-state index contributed by atoms with van der Waals surface area (Å²) < 4.78 is 2.62. The first-order valence-corrected chi connectivity index (χ1v) is 5.71. The molecule has 0 bridgehead atoms. The van der Waals surface area contributed by atoms with Crippen LogP contribution in [0.3, 0.4) is 0 Å². The molecule has 2 rings (SSSR count). The summed E-state index contributed by atoms with van der Waals surface area (Å²) in [5.41, 5.74) is 1.65. The van der Waals surface area contributed by atoms with Crippen LogP contribution >= 0.6 is 15.9 Å². The minimum Gasteiger partial charge on any atom is -0.423 e. The molecule has 2 N–H and O–H groups in total. The van der Waals surface area contributed by atoms with Crippen molar-refractivity contribution in [2.45, 2.75) is 6.54 Å². The molecule has 82 valence electrons. The van der Waals surface area contributed by atoms with Crippen LogP contribution in [0.1, 0.15) is 5.56 Å². The van der Waals surface area contributed by atoms with E-state index in [1.165, 1.54) is 5.56 Å². The van der Waals surface area contributed by atoms with Crippen molar-refractivity contribution in [3.8, 4) is 0 Å². The Bertz CT molecular complexity index is 470. The lowest BCUT2D eigenvalue weighted by Crippen LogP contribution is -2.29. The van der Waals surface area contributed by atoms with E-state index in [2.05, 4.69) is 15.9 Å². The molecule has 0 spiro atoms. The fraction of sp³-hybridized carbons (Fsp3) is 0.0909. The molecular formula is C11H11BBrNO2. The van der Waals surface area contributed by atoms with Crippen molar-refractivity contribution >= 4 is 28.5 Å². The largest absolute Gasteiger partial charge is 0.491 e. The molecule has 0 unspecified atom stereocenters. The molecule has 0 radical (unpaired) electrons. The molecule has 0 amide bonds. The van der Waals surface area contributed by atoms with Crippen LogP contribution < -0.4 is 5.46 Å². The van der Waals surface area contributed by atoms with Crippen molar-refractivity contribution in [2.24, 2.45) is 0 Å². The fourth-order valence-electron chi connectivity index (χ4n) is 1.57. The number of hydrogen-bond donors (Lipinski definition) is 2. The highest BCUT2D eigenvalue weighted by Gasteiger charge is 2.16. The summed E-state index contributed by atoms with van der Waals surface area (Å²) in [6.07, 6.45) is 3.56. The van der Waals surface area contributed by atoms with E-state index in [-0.39, 0.29) is 0 Å². The van der Waals surface area contributed by atoms with Gasteiger partial charge in [0.05, 0.1) is 0 Å². The van der Waals surface area contributed by atoms with Crippen LogP contribution in [0.5, 0.6) is 0 Å². The zero-order valence-electron chi connectivity index (χ0n) is 8.55. The van der Waals surface area contributed by atoms with E-state index in [1.54, 1.807) is 6.20 Å². The predicted octanol–water partition coefficient (Wildman–Crippen LogP) is 0.979. The summed E-state index contributed by atoms with van der Waals surface area (Å²) in [4.78, 5) is 0. The molecule has 0 saturated heterocycles. The van der Waals surface area contributed by atoms with Gasteiger partial charge in [0, 0.05) is 28.9 Å². The Morgan fingerprint density at radius 1 is 1.12 bits per heavy atom. The van der Waals surface area contributed by atoms with Crippen LogP contribution in [0.25, 0.3) is 0 Å². The zero-order valence-corrected chi connectivity index (χ0v) is 10.1. The van der Waals surface area contributed by atoms with Gasteiger partial charge in [-0.25, -0.2) is 0 Å². The maximum Gasteiger partial charge on any atom is 0.491 e. The van der Waals surface area contributed by atoms with Gasteiger partial charge in [0.15, 0.2) is 0 Å². The van der Waals surface area contributed by atoms with Gasteiger partial charge < -0.3 is 14.6 Å². The van der Waals surface area contributed by atoms with Gasteiger partial charge >= 0.3 is 7.12 Å². The van der Waals surface area contributed by atoms with Crippen LogP contribution in [0.15, 0.2) is 47.2 Å². The average Bonchev–Trinajstić information content (AvgIpc) is 2.61. The molecule has 16 heavy (non-hydrogen) atoms. The van der Waals surface area contributed by atoms with Gasteiger partial charge in [0.25, 0.3) is 0 Å². The van der Waals surface area contributed by atoms with Crippen molar-refractivity contribution in [2.75, 3.05) is 0 Å². The van der Waals surface area contributed by atoms with Gasteiger partial charge in [-0.15, -0.1) is 0 Å². The monoisotopic (exact) mass is 279 g/mol. The average molecular weight is 280 g/mol. The molecule has 3 nitrogen and oxygen atoms in total. The number of rotatable bonds is 3. The number of hydrogen-bond acceptors (Lipinski definition) is 2. The van der Waals surface area contributed by atoms with Gasteiger partial charge in [-0.05, 0) is 21.5 Å². The van der Waals surface area contributed by atoms with Gasteiger partial charge in [-0.3, -0.25) is 0 Å². The molecule has 5 heteroatoms. The molecule has 2 aromatic rings. The molecule has 1 aromatic heterocycles. The maximum absolute atomic E-state index is 9.10. The van der Waals surface area contributed by atoms with E-state index in [4.69, 9.17) is 10.0 Å². The van der Waals surface area contributed by atoms with Crippen LogP contribution in [0, 0.1) is 0 Å². The van der Waals surface area contributed by atoms with E-state index in [1.807, 2.05) is 41.1 Å². The number of benzene rings is 1. The fourth-order valence-corrected chi connectivity index (χ4v) is 2.14. The first-order chi connectivity index (χ1) is 7.66. The van der Waals surface area contributed by atoms with Gasteiger partial charge in [-0.2, -0.15) is 0 Å². The third-order valence-corrected chi connectivity index (χ3v) is 3.01. The Morgan fingerprint density at radius 2 is 1.81 bits per heavy atom. The highest BCUT2D eigenvalue weighted by atomic mass is 79.9. The Labute approximate surface area is 103 Å². The minimum atomic E-state index is -1.44. The molecule has 0 saturated carbocycles. The topological polar surface area (TPSA) is 45.4 Å². The quantitative estimate of drug-likeness (QED) is 0.823. The summed E-state index contributed by atoms with van der Waals surface area (Å²) in [5.74, 6) is 0. The zero-order chi connectivity index (χ0) is 11.5. The van der Waals surface area contributed by atoms with Crippen LogP contribution in [-0.2, 0) is 6.54 Å². The van der Waals surface area contributed by atoms with E-state index in [9.17, 15) is 0 Å². The molecule has 0 aliphatic carbocycles. The van der Waals surface area contributed by atoms with Crippen molar-refractivity contribution < 1.29 is 10.0 Å². The van der Waals surface area contributed by atoms with Crippen molar-refractivity contribution in [3.63, 3.8) is 0 Å². The number of halogens is 1. The SMILES string of the molecule is OB(O)c1cn(Cc2ccccc2)cc1Br. The van der Waals surface area contributed by atoms with Crippen LogP contribution in [-0.4, -0.2) is 21.7 Å². The van der Waals surface area contributed by atoms with Crippen molar-refractivity contribution in [1.82, 2.24) is 4.57 Å². The molecule has 0 aliphatic heterocycles. The van der Waals surface area contributed by atoms with Gasteiger partial charge in [0.1, 0.15) is 0 Å². The summed E-state index contributed by atoms with van der Waals surface area (Å²) in [6, 6.07) is 10.00. The summed E-state index contributed by atoms with van der Waals surface area (Å²) in [6.45, 7) is 0.714. The third-order valence-electron chi connectivity index (χ3n) is 2.35. The molecular weight excluding hydrogens is 269 g/mol. The van der Waals surface area contributed by atoms with Crippen molar-refractivity contribution in [1.29, 1.82) is 0 Å². The normalized spacial score (nSPS) is 10.4. The van der Waals surface area contributed by atoms with Crippen LogP contribution in [0.2, 0.25) is 0 Å². The molecule has 1 aromatic carbocycles. The number of aromatic nitrogens is 1. The Hall–Kier alpha value is -1.04. The highest BCUT2D eigenvalue weighted by molar-refractivity contribution is 9.10. The second kappa shape index (κ2) is 4.87. The van der Waals surface area contributed by atoms with Gasteiger partial charge in [-0.1, -0.05) is 30.3 Å². The molecule has 0 aliphatic rings. The number of nitrogens with zero attached hydrogens (tertiary/aromatic N) is 1. The third kappa shape index (κ3) is 2.55. The molecule has 0 atom stereocenters. The predicted molar refractivity (Wildman–Crippen MR) is 67.5 cm³/mol. The smallest absolute Gasteiger partial charge is 0.423 e. The van der Waals surface area contributed by atoms with E-state index in [0.717, 1.165) is 0 Å². The van der Waals surface area contributed by atoms with Crippen LogP contribution in [0.4, 0.5) is 0 Å². The lowest BCUT2D eigenvalue weighted by Gasteiger charge is -2.02. The first kappa shape index (κ1) is 11.5. The standard InChI is InChI=1S/C11H11BBrNO2/c13-11-8-14(7-10(11)12(15)16)6-9-4-2-1-3-5-9/h1-5,7-8,15-16H,6H2. The maximum atomic E-state index is 9.10. The Morgan fingerprint density at radius 3 is 2.38 bits per heavy atom. The summed E-state index contributed by atoms with van der Waals surface area (Å²) in [7, 11) is -1.44. The Balaban J connectivity index is 2.20. The van der Waals surface area contributed by atoms with Crippen molar-refractivity contribution in [3.05, 3.63) is 52.8 Å². The van der Waals surface area contributed by atoms with E-state index >= 15 is 0 Å². The summed E-state index contributed by atoms with van der Waals surface area (Å²) >= 11 is 3.29. The molecule has 1 heterocycles. The second-order valence-electron chi connectivity index (χ2n) is 3.59.